The van der Waals surface area contributed by atoms with Crippen molar-refractivity contribution in [2.24, 2.45) is 23.7 Å². The monoisotopic (exact) mass is 191 g/mol. The van der Waals surface area contributed by atoms with E-state index in [0.717, 1.165) is 29.7 Å². The molecule has 0 radical (unpaired) electrons. The predicted molar refractivity (Wildman–Crippen MR) is 59.0 cm³/mol. The summed E-state index contributed by atoms with van der Waals surface area (Å²) < 4.78 is 0. The van der Waals surface area contributed by atoms with E-state index in [1.165, 1.54) is 32.2 Å². The maximum absolute atomic E-state index is 3.74. The Morgan fingerprint density at radius 2 is 2.00 bits per heavy atom. The Kier molecular flexibility index (Phi) is 2.16. The van der Waals surface area contributed by atoms with Gasteiger partial charge < -0.3 is 5.32 Å². The summed E-state index contributed by atoms with van der Waals surface area (Å²) in [4.78, 5) is 0. The van der Waals surface area contributed by atoms with Gasteiger partial charge in [0.05, 0.1) is 0 Å². The van der Waals surface area contributed by atoms with E-state index in [1.807, 2.05) is 0 Å². The Morgan fingerprint density at radius 3 is 2.57 bits per heavy atom. The molecule has 14 heavy (non-hydrogen) atoms. The molecule has 2 fully saturated rings. The summed E-state index contributed by atoms with van der Waals surface area (Å²) in [6.07, 6.45) is 10.6. The number of rotatable bonds is 3. The van der Waals surface area contributed by atoms with Gasteiger partial charge in [0.1, 0.15) is 0 Å². The third-order valence-electron chi connectivity index (χ3n) is 4.46. The van der Waals surface area contributed by atoms with Gasteiger partial charge in [-0.15, -0.1) is 0 Å². The molecular weight excluding hydrogens is 170 g/mol. The molecule has 0 aromatic rings. The van der Waals surface area contributed by atoms with Crippen LogP contribution in [0.1, 0.15) is 32.6 Å². The summed E-state index contributed by atoms with van der Waals surface area (Å²) in [6, 6.07) is 0.855. The average Bonchev–Trinajstić information content (AvgIpc) is 2.71. The van der Waals surface area contributed by atoms with Crippen molar-refractivity contribution in [3.63, 3.8) is 0 Å². The molecule has 0 heterocycles. The number of hydrogen-bond acceptors (Lipinski definition) is 1. The third-order valence-corrected chi connectivity index (χ3v) is 4.46. The van der Waals surface area contributed by atoms with Crippen molar-refractivity contribution in [2.75, 3.05) is 6.54 Å². The molecule has 2 saturated carbocycles. The molecule has 0 spiro atoms. The highest BCUT2D eigenvalue weighted by molar-refractivity contribution is 5.10. The molecule has 78 valence electrons. The van der Waals surface area contributed by atoms with Crippen molar-refractivity contribution in [1.82, 2.24) is 5.32 Å². The second-order valence-corrected chi connectivity index (χ2v) is 5.72. The molecule has 0 saturated heterocycles. The second kappa shape index (κ2) is 3.37. The van der Waals surface area contributed by atoms with Crippen molar-refractivity contribution in [2.45, 2.75) is 38.6 Å². The first kappa shape index (κ1) is 8.96. The normalized spacial score (nSPS) is 49.6. The van der Waals surface area contributed by atoms with Crippen molar-refractivity contribution < 1.29 is 0 Å². The Bertz CT molecular complexity index is 240. The Morgan fingerprint density at radius 1 is 1.14 bits per heavy atom. The van der Waals surface area contributed by atoms with Gasteiger partial charge in [0.25, 0.3) is 0 Å². The molecule has 3 aliphatic carbocycles. The SMILES string of the molecule is CC1CC(NC[C@@H]2C[C@H]3C=C[C@@H]2C3)C1. The van der Waals surface area contributed by atoms with Crippen LogP contribution in [0.5, 0.6) is 0 Å². The lowest BCUT2D eigenvalue weighted by molar-refractivity contribution is 0.226. The standard InChI is InChI=1S/C13H21N/c1-9-4-13(5-9)14-8-12-7-10-2-3-11(12)6-10/h2-3,9-14H,4-8H2,1H3/t9?,10-,11+,12-,13?/m0/s1. The molecular formula is C13H21N. The lowest BCUT2D eigenvalue weighted by Crippen LogP contribution is -2.42. The summed E-state index contributed by atoms with van der Waals surface area (Å²) >= 11 is 0. The van der Waals surface area contributed by atoms with E-state index in [4.69, 9.17) is 0 Å². The molecule has 3 atom stereocenters. The quantitative estimate of drug-likeness (QED) is 0.676. The van der Waals surface area contributed by atoms with Crippen LogP contribution in [0.25, 0.3) is 0 Å². The predicted octanol–water partition coefficient (Wildman–Crippen LogP) is 2.59. The van der Waals surface area contributed by atoms with E-state index in [9.17, 15) is 0 Å². The topological polar surface area (TPSA) is 12.0 Å². The average molecular weight is 191 g/mol. The van der Waals surface area contributed by atoms with E-state index in [0.29, 0.717) is 0 Å². The molecule has 3 aliphatic rings. The zero-order valence-electron chi connectivity index (χ0n) is 9.08. The van der Waals surface area contributed by atoms with Crippen LogP contribution in [0.4, 0.5) is 0 Å². The molecule has 0 aromatic carbocycles. The van der Waals surface area contributed by atoms with Gasteiger partial charge >= 0.3 is 0 Å². The molecule has 0 aliphatic heterocycles. The van der Waals surface area contributed by atoms with Gasteiger partial charge in [0, 0.05) is 6.04 Å². The van der Waals surface area contributed by atoms with Crippen molar-refractivity contribution in [3.8, 4) is 0 Å². The molecule has 1 nitrogen and oxygen atoms in total. The minimum Gasteiger partial charge on any atom is -0.314 e. The van der Waals surface area contributed by atoms with E-state index >= 15 is 0 Å². The molecule has 0 amide bonds. The summed E-state index contributed by atoms with van der Waals surface area (Å²) in [5.74, 6) is 3.80. The number of allylic oxidation sites excluding steroid dienone is 2. The third kappa shape index (κ3) is 1.52. The van der Waals surface area contributed by atoms with Crippen LogP contribution in [0.2, 0.25) is 0 Å². The zero-order chi connectivity index (χ0) is 9.54. The van der Waals surface area contributed by atoms with Crippen LogP contribution in [0.3, 0.4) is 0 Å². The first-order valence-electron chi connectivity index (χ1n) is 6.23. The highest BCUT2D eigenvalue weighted by atomic mass is 14.9. The van der Waals surface area contributed by atoms with E-state index in [-0.39, 0.29) is 0 Å². The first-order chi connectivity index (χ1) is 6.81. The van der Waals surface area contributed by atoms with Gasteiger partial charge in [-0.05, 0) is 55.9 Å². The fourth-order valence-electron chi connectivity index (χ4n) is 3.52. The molecule has 0 unspecified atom stereocenters. The molecule has 3 rings (SSSR count). The lowest BCUT2D eigenvalue weighted by atomic mass is 9.81. The van der Waals surface area contributed by atoms with Crippen molar-refractivity contribution in [1.29, 1.82) is 0 Å². The van der Waals surface area contributed by atoms with Gasteiger partial charge in [-0.25, -0.2) is 0 Å². The first-order valence-corrected chi connectivity index (χ1v) is 6.23. The van der Waals surface area contributed by atoms with E-state index < -0.39 is 0 Å². The van der Waals surface area contributed by atoms with Crippen LogP contribution < -0.4 is 5.32 Å². The van der Waals surface area contributed by atoms with Crippen LogP contribution >= 0.6 is 0 Å². The Labute approximate surface area is 87.0 Å². The summed E-state index contributed by atoms with van der Waals surface area (Å²) in [5.41, 5.74) is 0. The van der Waals surface area contributed by atoms with E-state index in [1.54, 1.807) is 0 Å². The van der Waals surface area contributed by atoms with Gasteiger partial charge in [0.15, 0.2) is 0 Å². The van der Waals surface area contributed by atoms with Gasteiger partial charge in [-0.1, -0.05) is 19.1 Å². The molecule has 1 heteroatoms. The Balaban J connectivity index is 1.43. The number of nitrogens with one attached hydrogen (secondary N) is 1. The van der Waals surface area contributed by atoms with Crippen LogP contribution in [0.15, 0.2) is 12.2 Å². The largest absolute Gasteiger partial charge is 0.314 e. The van der Waals surface area contributed by atoms with Gasteiger partial charge in [0.2, 0.25) is 0 Å². The minimum atomic E-state index is 0.855. The fraction of sp³-hybridized carbons (Fsp3) is 0.846. The molecule has 0 aromatic heterocycles. The maximum atomic E-state index is 3.74. The highest BCUT2D eigenvalue weighted by Gasteiger charge is 2.36. The smallest absolute Gasteiger partial charge is 0.00722 e. The molecule has 2 bridgehead atoms. The minimum absolute atomic E-state index is 0.855. The second-order valence-electron chi connectivity index (χ2n) is 5.72. The number of fused-ring (bicyclic) bond motifs is 2. The summed E-state index contributed by atoms with van der Waals surface area (Å²) in [5, 5.41) is 3.74. The van der Waals surface area contributed by atoms with Crippen LogP contribution in [0, 0.1) is 23.7 Å². The Hall–Kier alpha value is -0.300. The van der Waals surface area contributed by atoms with Crippen LogP contribution in [-0.2, 0) is 0 Å². The van der Waals surface area contributed by atoms with Crippen molar-refractivity contribution in [3.05, 3.63) is 12.2 Å². The molecule has 1 N–H and O–H groups in total. The van der Waals surface area contributed by atoms with E-state index in [2.05, 4.69) is 24.4 Å². The highest BCUT2D eigenvalue weighted by Crippen LogP contribution is 2.43. The van der Waals surface area contributed by atoms with Crippen molar-refractivity contribution >= 4 is 0 Å². The number of hydrogen-bond donors (Lipinski definition) is 1. The lowest BCUT2D eigenvalue weighted by Gasteiger charge is -2.35. The van der Waals surface area contributed by atoms with Gasteiger partial charge in [-0.2, -0.15) is 0 Å². The maximum Gasteiger partial charge on any atom is 0.00722 e. The fourth-order valence-corrected chi connectivity index (χ4v) is 3.52. The summed E-state index contributed by atoms with van der Waals surface area (Å²) in [6.45, 7) is 3.64. The zero-order valence-corrected chi connectivity index (χ0v) is 9.08. The summed E-state index contributed by atoms with van der Waals surface area (Å²) in [7, 11) is 0. The van der Waals surface area contributed by atoms with Gasteiger partial charge in [-0.3, -0.25) is 0 Å². The van der Waals surface area contributed by atoms with Crippen LogP contribution in [-0.4, -0.2) is 12.6 Å².